The van der Waals surface area contributed by atoms with Crippen LogP contribution in [-0.4, -0.2) is 37.5 Å². The highest BCUT2D eigenvalue weighted by Crippen LogP contribution is 2.24. The molecule has 0 spiro atoms. The Bertz CT molecular complexity index is 697. The third kappa shape index (κ3) is 6.34. The summed E-state index contributed by atoms with van der Waals surface area (Å²) >= 11 is 0. The van der Waals surface area contributed by atoms with Crippen molar-refractivity contribution < 1.29 is 26.4 Å². The van der Waals surface area contributed by atoms with Crippen LogP contribution in [0.15, 0.2) is 24.3 Å². The largest absolute Gasteiger partial charge is 0.389 e. The fourth-order valence-electron chi connectivity index (χ4n) is 2.27. The molecular formula is C17H24F3NO3S. The molecule has 25 heavy (non-hydrogen) atoms. The molecule has 0 aliphatic carbocycles. The Hall–Kier alpha value is -1.57. The first-order chi connectivity index (χ1) is 11.4. The van der Waals surface area contributed by atoms with E-state index in [4.69, 9.17) is 0 Å². The number of rotatable bonds is 8. The predicted octanol–water partition coefficient (Wildman–Crippen LogP) is 3.19. The molecule has 1 rings (SSSR count). The average Bonchev–Trinajstić information content (AvgIpc) is 2.47. The Morgan fingerprint density at radius 2 is 1.76 bits per heavy atom. The fraction of sp³-hybridized carbons (Fsp3) is 0.588. The van der Waals surface area contributed by atoms with Gasteiger partial charge in [0.2, 0.25) is 5.91 Å². The minimum Gasteiger partial charge on any atom is -0.354 e. The molecule has 0 atom stereocenters. The van der Waals surface area contributed by atoms with Crippen molar-refractivity contribution in [3.05, 3.63) is 35.4 Å². The topological polar surface area (TPSA) is 63.2 Å². The van der Waals surface area contributed by atoms with Gasteiger partial charge in [0.15, 0.2) is 9.84 Å². The SMILES string of the molecule is Cc1ccccc1CCNC(=O)C(C)(C)S(=O)(=O)CCCC(F)(F)F. The number of amides is 1. The fourth-order valence-corrected chi connectivity index (χ4v) is 3.66. The van der Waals surface area contributed by atoms with E-state index >= 15 is 0 Å². The lowest BCUT2D eigenvalue weighted by Crippen LogP contribution is -2.49. The lowest BCUT2D eigenvalue weighted by Gasteiger charge is -2.24. The van der Waals surface area contributed by atoms with E-state index in [0.717, 1.165) is 11.1 Å². The van der Waals surface area contributed by atoms with E-state index in [0.29, 0.717) is 6.42 Å². The molecule has 1 aromatic rings. The first-order valence-corrected chi connectivity index (χ1v) is 9.64. The molecule has 0 bridgehead atoms. The molecule has 0 fully saturated rings. The maximum atomic E-state index is 12.2. The molecule has 0 unspecified atom stereocenters. The van der Waals surface area contributed by atoms with Crippen LogP contribution in [0.2, 0.25) is 0 Å². The smallest absolute Gasteiger partial charge is 0.354 e. The molecule has 0 heterocycles. The van der Waals surface area contributed by atoms with Crippen LogP contribution in [0.4, 0.5) is 13.2 Å². The van der Waals surface area contributed by atoms with Gasteiger partial charge in [-0.3, -0.25) is 4.79 Å². The molecule has 1 N–H and O–H groups in total. The number of sulfone groups is 1. The molecule has 1 aromatic carbocycles. The minimum atomic E-state index is -4.41. The zero-order valence-corrected chi connectivity index (χ0v) is 15.4. The van der Waals surface area contributed by atoms with Gasteiger partial charge < -0.3 is 5.32 Å². The molecule has 8 heteroatoms. The summed E-state index contributed by atoms with van der Waals surface area (Å²) in [6.07, 6.45) is -5.60. The van der Waals surface area contributed by atoms with Crippen molar-refractivity contribution in [2.75, 3.05) is 12.3 Å². The van der Waals surface area contributed by atoms with Gasteiger partial charge in [-0.2, -0.15) is 13.2 Å². The summed E-state index contributed by atoms with van der Waals surface area (Å²) in [7, 11) is -4.00. The second kappa shape index (κ2) is 8.21. The van der Waals surface area contributed by atoms with E-state index < -0.39 is 45.3 Å². The van der Waals surface area contributed by atoms with Crippen molar-refractivity contribution in [3.8, 4) is 0 Å². The zero-order chi connectivity index (χ0) is 19.3. The summed E-state index contributed by atoms with van der Waals surface area (Å²) in [5.41, 5.74) is 2.10. The van der Waals surface area contributed by atoms with Crippen molar-refractivity contribution in [1.29, 1.82) is 0 Å². The highest BCUT2D eigenvalue weighted by Gasteiger charge is 2.41. The number of halogens is 3. The Kier molecular flexibility index (Phi) is 7.05. The van der Waals surface area contributed by atoms with Crippen molar-refractivity contribution in [2.24, 2.45) is 0 Å². The normalized spacial score (nSPS) is 12.9. The molecule has 0 radical (unpaired) electrons. The summed E-state index contributed by atoms with van der Waals surface area (Å²) in [6, 6.07) is 7.62. The number of benzene rings is 1. The maximum absolute atomic E-state index is 12.2. The van der Waals surface area contributed by atoms with Crippen molar-refractivity contribution in [2.45, 2.75) is 51.0 Å². The summed E-state index contributed by atoms with van der Waals surface area (Å²) in [5, 5.41) is 2.57. The van der Waals surface area contributed by atoms with Gasteiger partial charge in [-0.15, -0.1) is 0 Å². The molecule has 0 saturated carbocycles. The predicted molar refractivity (Wildman–Crippen MR) is 91.0 cm³/mol. The highest BCUT2D eigenvalue weighted by molar-refractivity contribution is 7.93. The maximum Gasteiger partial charge on any atom is 0.389 e. The van der Waals surface area contributed by atoms with Crippen LogP contribution in [0.25, 0.3) is 0 Å². The summed E-state index contributed by atoms with van der Waals surface area (Å²) < 4.78 is 59.2. The standard InChI is InChI=1S/C17H24F3NO3S/c1-13-7-4-5-8-14(13)9-11-21-15(22)16(2,3)25(23,24)12-6-10-17(18,19)20/h4-5,7-8H,6,9-12H2,1-3H3,(H,21,22). The second-order valence-corrected chi connectivity index (χ2v) is 9.14. The first kappa shape index (κ1) is 21.5. The van der Waals surface area contributed by atoms with E-state index in [9.17, 15) is 26.4 Å². The van der Waals surface area contributed by atoms with E-state index in [1.165, 1.54) is 13.8 Å². The van der Waals surface area contributed by atoms with E-state index in [-0.39, 0.29) is 6.54 Å². The monoisotopic (exact) mass is 379 g/mol. The molecular weight excluding hydrogens is 355 g/mol. The molecule has 4 nitrogen and oxygen atoms in total. The molecule has 142 valence electrons. The van der Waals surface area contributed by atoms with Crippen LogP contribution in [0.5, 0.6) is 0 Å². The van der Waals surface area contributed by atoms with Gasteiger partial charge in [0, 0.05) is 13.0 Å². The van der Waals surface area contributed by atoms with Crippen LogP contribution in [-0.2, 0) is 21.1 Å². The third-order valence-electron chi connectivity index (χ3n) is 4.14. The molecule has 0 saturated heterocycles. The highest BCUT2D eigenvalue weighted by atomic mass is 32.2. The van der Waals surface area contributed by atoms with Crippen LogP contribution >= 0.6 is 0 Å². The lowest BCUT2D eigenvalue weighted by atomic mass is 10.1. The van der Waals surface area contributed by atoms with Gasteiger partial charge in [-0.25, -0.2) is 8.42 Å². The number of hydrogen-bond acceptors (Lipinski definition) is 3. The average molecular weight is 379 g/mol. The summed E-state index contributed by atoms with van der Waals surface area (Å²) in [6.45, 7) is 4.63. The van der Waals surface area contributed by atoms with E-state index in [2.05, 4.69) is 5.32 Å². The number of hydrogen-bond donors (Lipinski definition) is 1. The van der Waals surface area contributed by atoms with Crippen molar-refractivity contribution >= 4 is 15.7 Å². The van der Waals surface area contributed by atoms with Gasteiger partial charge in [-0.1, -0.05) is 24.3 Å². The number of carbonyl (C=O) groups is 1. The van der Waals surface area contributed by atoms with Gasteiger partial charge >= 0.3 is 6.18 Å². The van der Waals surface area contributed by atoms with Gasteiger partial charge in [-0.05, 0) is 44.7 Å². The van der Waals surface area contributed by atoms with Gasteiger partial charge in [0.1, 0.15) is 4.75 Å². The third-order valence-corrected chi connectivity index (χ3v) is 6.71. The van der Waals surface area contributed by atoms with Crippen LogP contribution in [0.3, 0.4) is 0 Å². The lowest BCUT2D eigenvalue weighted by molar-refractivity contribution is -0.134. The summed E-state index contributed by atoms with van der Waals surface area (Å²) in [5.74, 6) is -1.38. The van der Waals surface area contributed by atoms with Crippen LogP contribution < -0.4 is 5.32 Å². The number of nitrogens with one attached hydrogen (secondary N) is 1. The van der Waals surface area contributed by atoms with Gasteiger partial charge in [0.05, 0.1) is 5.75 Å². The van der Waals surface area contributed by atoms with Crippen molar-refractivity contribution in [3.63, 3.8) is 0 Å². The van der Waals surface area contributed by atoms with E-state index in [1.54, 1.807) is 0 Å². The molecule has 1 amide bonds. The Balaban J connectivity index is 2.61. The van der Waals surface area contributed by atoms with Gasteiger partial charge in [0.25, 0.3) is 0 Å². The number of carbonyl (C=O) groups excluding carboxylic acids is 1. The quantitative estimate of drug-likeness (QED) is 0.755. The Morgan fingerprint density at radius 1 is 1.16 bits per heavy atom. The summed E-state index contributed by atoms with van der Waals surface area (Å²) in [4.78, 5) is 12.2. The van der Waals surface area contributed by atoms with Crippen molar-refractivity contribution in [1.82, 2.24) is 5.32 Å². The number of aryl methyl sites for hydroxylation is 1. The molecule has 0 aliphatic heterocycles. The van der Waals surface area contributed by atoms with E-state index in [1.807, 2.05) is 31.2 Å². The minimum absolute atomic E-state index is 0.255. The molecule has 0 aliphatic rings. The Labute approximate surface area is 146 Å². The molecule has 0 aromatic heterocycles. The first-order valence-electron chi connectivity index (χ1n) is 7.99. The Morgan fingerprint density at radius 3 is 2.32 bits per heavy atom. The van der Waals surface area contributed by atoms with Crippen LogP contribution in [0, 0.1) is 6.92 Å². The zero-order valence-electron chi connectivity index (χ0n) is 14.6. The number of alkyl halides is 3. The van der Waals surface area contributed by atoms with Crippen LogP contribution in [0.1, 0.15) is 37.8 Å². The second-order valence-electron chi connectivity index (χ2n) is 6.48.